The van der Waals surface area contributed by atoms with Crippen LogP contribution in [0.1, 0.15) is 23.5 Å². The summed E-state index contributed by atoms with van der Waals surface area (Å²) in [5.74, 6) is 1.28. The highest BCUT2D eigenvalue weighted by Gasteiger charge is 2.20. The Kier molecular flexibility index (Phi) is 7.09. The van der Waals surface area contributed by atoms with Crippen LogP contribution >= 0.6 is 34.7 Å². The van der Waals surface area contributed by atoms with Crippen LogP contribution in [-0.2, 0) is 17.9 Å². The second kappa shape index (κ2) is 9.96. The fraction of sp³-hybridized carbons (Fsp3) is 0.381. The van der Waals surface area contributed by atoms with E-state index in [1.165, 1.54) is 35.9 Å². The van der Waals surface area contributed by atoms with Gasteiger partial charge in [-0.15, -0.1) is 21.5 Å². The molecule has 2 aromatic heterocycles. The monoisotopic (exact) mass is 461 g/mol. The molecular weight excluding hydrogens is 438 g/mol. The number of hydrogen-bond donors (Lipinski definition) is 0. The molecule has 0 spiro atoms. The highest BCUT2D eigenvalue weighted by Crippen LogP contribution is 2.25. The second-order valence-electron chi connectivity index (χ2n) is 7.30. The van der Waals surface area contributed by atoms with E-state index in [0.717, 1.165) is 45.5 Å². The maximum Gasteiger partial charge on any atom is 0.233 e. The molecule has 1 saturated heterocycles. The number of likely N-dealkylation sites (tertiary alicyclic amines) is 1. The zero-order chi connectivity index (χ0) is 20.9. The third kappa shape index (κ3) is 5.24. The number of amides is 1. The second-order valence-corrected chi connectivity index (χ2v) is 10.0. The molecule has 3 aromatic rings. The molecule has 30 heavy (non-hydrogen) atoms. The third-order valence-corrected chi connectivity index (χ3v) is 7.18. The van der Waals surface area contributed by atoms with Gasteiger partial charge in [0.05, 0.1) is 23.2 Å². The fourth-order valence-electron chi connectivity index (χ4n) is 3.47. The number of rotatable bonds is 8. The predicted molar refractivity (Wildman–Crippen MR) is 122 cm³/mol. The smallest absolute Gasteiger partial charge is 0.233 e. The average Bonchev–Trinajstić information content (AvgIpc) is 3.49. The Morgan fingerprint density at radius 1 is 1.17 bits per heavy atom. The van der Waals surface area contributed by atoms with Crippen molar-refractivity contribution < 1.29 is 4.79 Å². The lowest BCUT2D eigenvalue weighted by Crippen LogP contribution is -2.27. The Morgan fingerprint density at radius 3 is 2.63 bits per heavy atom. The van der Waals surface area contributed by atoms with Crippen molar-refractivity contribution in [3.05, 3.63) is 57.5 Å². The fourth-order valence-corrected chi connectivity index (χ4v) is 5.52. The van der Waals surface area contributed by atoms with E-state index in [1.54, 1.807) is 4.90 Å². The lowest BCUT2D eigenvalue weighted by atomic mass is 10.3. The first-order chi connectivity index (χ1) is 14.6. The van der Waals surface area contributed by atoms with Crippen molar-refractivity contribution in [3.8, 4) is 5.69 Å². The minimum absolute atomic E-state index is 0.0493. The largest absolute Gasteiger partial charge is 0.340 e. The number of aromatic nitrogens is 3. The average molecular weight is 462 g/mol. The molecule has 3 heterocycles. The third-order valence-electron chi connectivity index (χ3n) is 5.05. The Morgan fingerprint density at radius 2 is 1.93 bits per heavy atom. The van der Waals surface area contributed by atoms with Crippen molar-refractivity contribution in [1.82, 2.24) is 24.6 Å². The molecule has 4 rings (SSSR count). The van der Waals surface area contributed by atoms with Crippen molar-refractivity contribution in [2.24, 2.45) is 0 Å². The topological polar surface area (TPSA) is 54.3 Å². The zero-order valence-corrected chi connectivity index (χ0v) is 19.2. The Hall–Kier alpha value is -1.87. The molecule has 0 unspecified atom stereocenters. The van der Waals surface area contributed by atoms with E-state index in [2.05, 4.69) is 31.8 Å². The molecule has 6 nitrogen and oxygen atoms in total. The Bertz CT molecular complexity index is 984. The number of benzene rings is 1. The van der Waals surface area contributed by atoms with Crippen LogP contribution in [0.3, 0.4) is 0 Å². The summed E-state index contributed by atoms with van der Waals surface area (Å²) in [6.07, 6.45) is 2.47. The summed E-state index contributed by atoms with van der Waals surface area (Å²) >= 11 is 8.92. The van der Waals surface area contributed by atoms with E-state index in [-0.39, 0.29) is 5.91 Å². The first-order valence-corrected chi connectivity index (χ1v) is 12.1. The number of halogens is 1. The first kappa shape index (κ1) is 21.4. The Balaban J connectivity index is 1.46. The van der Waals surface area contributed by atoms with Crippen molar-refractivity contribution in [1.29, 1.82) is 0 Å². The molecule has 9 heteroatoms. The highest BCUT2D eigenvalue weighted by atomic mass is 35.5. The first-order valence-electron chi connectivity index (χ1n) is 9.93. The van der Waals surface area contributed by atoms with Crippen LogP contribution in [0.4, 0.5) is 0 Å². The van der Waals surface area contributed by atoms with Gasteiger partial charge in [-0.2, -0.15) is 0 Å². The van der Waals surface area contributed by atoms with Crippen LogP contribution in [0.5, 0.6) is 0 Å². The number of thioether (sulfide) groups is 1. The molecular formula is C21H24ClN5OS2. The van der Waals surface area contributed by atoms with Gasteiger partial charge in [0.2, 0.25) is 5.91 Å². The van der Waals surface area contributed by atoms with Gasteiger partial charge < -0.3 is 4.90 Å². The molecule has 0 aliphatic carbocycles. The number of thiophene rings is 1. The minimum Gasteiger partial charge on any atom is -0.340 e. The van der Waals surface area contributed by atoms with E-state index >= 15 is 0 Å². The van der Waals surface area contributed by atoms with Crippen LogP contribution in [0.25, 0.3) is 5.69 Å². The van der Waals surface area contributed by atoms with Gasteiger partial charge in [-0.3, -0.25) is 14.3 Å². The summed E-state index contributed by atoms with van der Waals surface area (Å²) in [7, 11) is 1.82. The van der Waals surface area contributed by atoms with Crippen molar-refractivity contribution >= 4 is 40.6 Å². The molecule has 0 radical (unpaired) electrons. The minimum atomic E-state index is 0.0493. The van der Waals surface area contributed by atoms with E-state index in [4.69, 9.17) is 11.6 Å². The number of carbonyl (C=O) groups is 1. The van der Waals surface area contributed by atoms with Crippen LogP contribution in [0.15, 0.2) is 47.6 Å². The normalized spacial score (nSPS) is 14.3. The van der Waals surface area contributed by atoms with Gasteiger partial charge in [0.1, 0.15) is 0 Å². The maximum absolute atomic E-state index is 12.7. The van der Waals surface area contributed by atoms with E-state index in [1.807, 2.05) is 37.4 Å². The predicted octanol–water partition coefficient (Wildman–Crippen LogP) is 4.33. The SMILES string of the molecule is CN(Cc1ccc(Cl)s1)C(=O)CSc1nnc(CN2CCCC2)n1-c1ccccc1. The highest BCUT2D eigenvalue weighted by molar-refractivity contribution is 7.99. The van der Waals surface area contributed by atoms with E-state index < -0.39 is 0 Å². The van der Waals surface area contributed by atoms with Gasteiger partial charge in [0, 0.05) is 17.6 Å². The van der Waals surface area contributed by atoms with Gasteiger partial charge in [0.15, 0.2) is 11.0 Å². The molecule has 1 aliphatic rings. The Labute approximate surface area is 189 Å². The molecule has 158 valence electrons. The van der Waals surface area contributed by atoms with Crippen molar-refractivity contribution in [2.45, 2.75) is 31.1 Å². The zero-order valence-electron chi connectivity index (χ0n) is 16.8. The molecule has 0 bridgehead atoms. The van der Waals surface area contributed by atoms with Crippen LogP contribution in [0.2, 0.25) is 4.34 Å². The molecule has 1 aliphatic heterocycles. The summed E-state index contributed by atoms with van der Waals surface area (Å²) in [6, 6.07) is 13.9. The van der Waals surface area contributed by atoms with Crippen LogP contribution < -0.4 is 0 Å². The molecule has 1 fully saturated rings. The molecule has 0 N–H and O–H groups in total. The number of nitrogens with zero attached hydrogens (tertiary/aromatic N) is 5. The summed E-state index contributed by atoms with van der Waals surface area (Å²) in [4.78, 5) is 17.9. The quantitative estimate of drug-likeness (QED) is 0.467. The van der Waals surface area contributed by atoms with Crippen molar-refractivity contribution in [3.63, 3.8) is 0 Å². The molecule has 0 saturated carbocycles. The number of carbonyl (C=O) groups excluding carboxylic acids is 1. The summed E-state index contributed by atoms with van der Waals surface area (Å²) < 4.78 is 2.82. The van der Waals surface area contributed by atoms with Gasteiger partial charge in [-0.1, -0.05) is 41.6 Å². The number of hydrogen-bond acceptors (Lipinski definition) is 6. The summed E-state index contributed by atoms with van der Waals surface area (Å²) in [5.41, 5.74) is 1.02. The van der Waals surface area contributed by atoms with Gasteiger partial charge >= 0.3 is 0 Å². The number of para-hydroxylation sites is 1. The lowest BCUT2D eigenvalue weighted by Gasteiger charge is -2.17. The van der Waals surface area contributed by atoms with Gasteiger partial charge in [-0.05, 0) is 50.2 Å². The molecule has 1 amide bonds. The van der Waals surface area contributed by atoms with Crippen molar-refractivity contribution in [2.75, 3.05) is 25.9 Å². The van der Waals surface area contributed by atoms with Gasteiger partial charge in [0.25, 0.3) is 0 Å². The van der Waals surface area contributed by atoms with Crippen LogP contribution in [-0.4, -0.2) is 56.4 Å². The molecule has 1 aromatic carbocycles. The standard InChI is InChI=1S/C21H24ClN5OS2/c1-25(13-17-9-10-18(22)30-17)20(28)15-29-21-24-23-19(14-26-11-5-6-12-26)27(21)16-7-3-2-4-8-16/h2-4,7-10H,5-6,11-15H2,1H3. The lowest BCUT2D eigenvalue weighted by molar-refractivity contribution is -0.127. The summed E-state index contributed by atoms with van der Waals surface area (Å²) in [6.45, 7) is 3.53. The van der Waals surface area contributed by atoms with Gasteiger partial charge in [-0.25, -0.2) is 0 Å². The maximum atomic E-state index is 12.7. The van der Waals surface area contributed by atoms with E-state index in [9.17, 15) is 4.79 Å². The molecule has 0 atom stereocenters. The van der Waals surface area contributed by atoms with E-state index in [0.29, 0.717) is 12.3 Å². The summed E-state index contributed by atoms with van der Waals surface area (Å²) in [5, 5.41) is 9.62. The van der Waals surface area contributed by atoms with Crippen LogP contribution in [0, 0.1) is 0 Å².